The van der Waals surface area contributed by atoms with Gasteiger partial charge in [0.15, 0.2) is 0 Å². The number of halogens is 1. The highest BCUT2D eigenvalue weighted by atomic mass is 79.9. The van der Waals surface area contributed by atoms with E-state index in [4.69, 9.17) is 5.11 Å². The van der Waals surface area contributed by atoms with Crippen molar-refractivity contribution in [3.63, 3.8) is 0 Å². The lowest BCUT2D eigenvalue weighted by Crippen LogP contribution is -2.42. The molecule has 102 valence electrons. The summed E-state index contributed by atoms with van der Waals surface area (Å²) >= 11 is 5.13. The summed E-state index contributed by atoms with van der Waals surface area (Å²) in [7, 11) is 0. The number of hydrogen-bond donors (Lipinski definition) is 1. The van der Waals surface area contributed by atoms with Crippen molar-refractivity contribution in [1.82, 2.24) is 0 Å². The van der Waals surface area contributed by atoms with Gasteiger partial charge < -0.3 is 10.0 Å². The molecule has 0 saturated heterocycles. The van der Waals surface area contributed by atoms with Crippen LogP contribution in [0.25, 0.3) is 0 Å². The van der Waals surface area contributed by atoms with Gasteiger partial charge in [0.2, 0.25) is 5.91 Å². The van der Waals surface area contributed by atoms with Crippen LogP contribution in [0, 0.1) is 0 Å². The number of fused-ring (bicyclic) bond motifs is 1. The lowest BCUT2D eigenvalue weighted by Gasteiger charge is -2.35. The summed E-state index contributed by atoms with van der Waals surface area (Å²) in [6, 6.07) is 5.87. The first-order chi connectivity index (χ1) is 8.99. The fraction of sp³-hybridized carbons (Fsp3) is 0.385. The Morgan fingerprint density at radius 3 is 2.89 bits per heavy atom. The summed E-state index contributed by atoms with van der Waals surface area (Å²) in [5, 5.41) is 8.68. The van der Waals surface area contributed by atoms with E-state index in [1.807, 2.05) is 25.1 Å². The van der Waals surface area contributed by atoms with Crippen molar-refractivity contribution in [3.05, 3.63) is 22.7 Å². The molecule has 1 unspecified atom stereocenters. The van der Waals surface area contributed by atoms with E-state index >= 15 is 0 Å². The number of amides is 1. The summed E-state index contributed by atoms with van der Waals surface area (Å²) in [6.45, 7) is 1.98. The van der Waals surface area contributed by atoms with Gasteiger partial charge in [-0.25, -0.2) is 0 Å². The van der Waals surface area contributed by atoms with E-state index in [0.29, 0.717) is 0 Å². The molecule has 1 aliphatic rings. The third-order valence-corrected chi connectivity index (χ3v) is 4.70. The van der Waals surface area contributed by atoms with Crippen molar-refractivity contribution in [1.29, 1.82) is 0 Å². The fourth-order valence-corrected chi connectivity index (χ4v) is 3.65. The van der Waals surface area contributed by atoms with E-state index < -0.39 is 5.97 Å². The molecule has 19 heavy (non-hydrogen) atoms. The molecular weight excluding hydrogens is 330 g/mol. The van der Waals surface area contributed by atoms with Gasteiger partial charge in [0, 0.05) is 27.6 Å². The standard InChI is InChI=1S/C13H14BrNO3S/c1-8-7-19-11-6-9(14)2-3-10(11)15(8)12(16)4-5-13(17)18/h2-3,6,8H,4-5,7H2,1H3,(H,17,18). The molecule has 0 spiro atoms. The molecule has 0 bridgehead atoms. The van der Waals surface area contributed by atoms with Gasteiger partial charge in [-0.05, 0) is 25.1 Å². The molecule has 6 heteroatoms. The smallest absolute Gasteiger partial charge is 0.303 e. The SMILES string of the molecule is CC1CSc2cc(Br)ccc2N1C(=O)CCC(=O)O. The van der Waals surface area contributed by atoms with Crippen molar-refractivity contribution >= 4 is 45.3 Å². The van der Waals surface area contributed by atoms with Gasteiger partial charge in [-0.2, -0.15) is 0 Å². The van der Waals surface area contributed by atoms with Crippen LogP contribution < -0.4 is 4.90 Å². The third kappa shape index (κ3) is 3.30. The highest BCUT2D eigenvalue weighted by molar-refractivity contribution is 9.10. The molecule has 4 nitrogen and oxygen atoms in total. The maximum Gasteiger partial charge on any atom is 0.303 e. The van der Waals surface area contributed by atoms with Crippen LogP contribution in [0.5, 0.6) is 0 Å². The predicted molar refractivity (Wildman–Crippen MR) is 78.7 cm³/mol. The number of hydrogen-bond acceptors (Lipinski definition) is 3. The number of carbonyl (C=O) groups excluding carboxylic acids is 1. The van der Waals surface area contributed by atoms with Crippen molar-refractivity contribution in [2.75, 3.05) is 10.7 Å². The van der Waals surface area contributed by atoms with Crippen LogP contribution >= 0.6 is 27.7 Å². The lowest BCUT2D eigenvalue weighted by molar-refractivity contribution is -0.138. The molecular formula is C13H14BrNO3S. The molecule has 1 heterocycles. The molecule has 0 saturated carbocycles. The number of benzene rings is 1. The molecule has 0 fully saturated rings. The third-order valence-electron chi connectivity index (χ3n) is 2.92. The molecule has 1 atom stereocenters. The molecule has 1 aromatic rings. The molecule has 1 N–H and O–H groups in total. The minimum absolute atomic E-state index is 0.0415. The normalized spacial score (nSPS) is 18.0. The van der Waals surface area contributed by atoms with E-state index in [1.165, 1.54) is 0 Å². The molecule has 1 amide bonds. The topological polar surface area (TPSA) is 57.6 Å². The van der Waals surface area contributed by atoms with E-state index in [0.717, 1.165) is 20.8 Å². The zero-order valence-corrected chi connectivity index (χ0v) is 12.8. The first-order valence-corrected chi connectivity index (χ1v) is 7.73. The van der Waals surface area contributed by atoms with Gasteiger partial charge in [-0.3, -0.25) is 9.59 Å². The summed E-state index contributed by atoms with van der Waals surface area (Å²) in [6.07, 6.45) is -0.0824. The largest absolute Gasteiger partial charge is 0.481 e. The first kappa shape index (κ1) is 14.4. The van der Waals surface area contributed by atoms with E-state index in [-0.39, 0.29) is 24.8 Å². The molecule has 0 aromatic heterocycles. The van der Waals surface area contributed by atoms with E-state index in [2.05, 4.69) is 15.9 Å². The summed E-state index contributed by atoms with van der Waals surface area (Å²) in [5.74, 6) is -0.246. The maximum absolute atomic E-state index is 12.2. The van der Waals surface area contributed by atoms with Gasteiger partial charge >= 0.3 is 5.97 Å². The number of anilines is 1. The highest BCUT2D eigenvalue weighted by Crippen LogP contribution is 2.39. The Balaban J connectivity index is 2.25. The number of aliphatic carboxylic acids is 1. The van der Waals surface area contributed by atoms with Gasteiger partial charge in [-0.1, -0.05) is 15.9 Å². The molecule has 1 aliphatic heterocycles. The zero-order valence-electron chi connectivity index (χ0n) is 10.4. The second kappa shape index (κ2) is 5.96. The second-order valence-corrected chi connectivity index (χ2v) is 6.41. The monoisotopic (exact) mass is 343 g/mol. The quantitative estimate of drug-likeness (QED) is 0.915. The number of nitrogens with zero attached hydrogens (tertiary/aromatic N) is 1. The van der Waals surface area contributed by atoms with Gasteiger partial charge in [-0.15, -0.1) is 11.8 Å². The number of carboxylic acid groups (broad SMARTS) is 1. The number of carbonyl (C=O) groups is 2. The first-order valence-electron chi connectivity index (χ1n) is 5.95. The van der Waals surface area contributed by atoms with Gasteiger partial charge in [0.05, 0.1) is 12.1 Å². The van der Waals surface area contributed by atoms with Crippen LogP contribution in [0.3, 0.4) is 0 Å². The van der Waals surface area contributed by atoms with Crippen LogP contribution in [0.1, 0.15) is 19.8 Å². The summed E-state index contributed by atoms with van der Waals surface area (Å²) in [4.78, 5) is 25.6. The van der Waals surface area contributed by atoms with Crippen molar-refractivity contribution < 1.29 is 14.7 Å². The Bertz CT molecular complexity index is 521. The van der Waals surface area contributed by atoms with Crippen molar-refractivity contribution in [2.45, 2.75) is 30.7 Å². The van der Waals surface area contributed by atoms with E-state index in [1.54, 1.807) is 16.7 Å². The fourth-order valence-electron chi connectivity index (χ4n) is 2.04. The minimum atomic E-state index is -0.941. The van der Waals surface area contributed by atoms with Gasteiger partial charge in [0.1, 0.15) is 0 Å². The Morgan fingerprint density at radius 2 is 2.21 bits per heavy atom. The van der Waals surface area contributed by atoms with Crippen molar-refractivity contribution in [3.8, 4) is 0 Å². The van der Waals surface area contributed by atoms with E-state index in [9.17, 15) is 9.59 Å². The number of thioether (sulfide) groups is 1. The van der Waals surface area contributed by atoms with Crippen LogP contribution in [-0.2, 0) is 9.59 Å². The lowest BCUT2D eigenvalue weighted by atomic mass is 10.2. The van der Waals surface area contributed by atoms with Crippen LogP contribution in [-0.4, -0.2) is 28.8 Å². The minimum Gasteiger partial charge on any atom is -0.481 e. The Morgan fingerprint density at radius 1 is 1.47 bits per heavy atom. The number of carboxylic acids is 1. The second-order valence-electron chi connectivity index (χ2n) is 4.43. The Kier molecular flexibility index (Phi) is 4.52. The molecule has 0 aliphatic carbocycles. The van der Waals surface area contributed by atoms with Crippen LogP contribution in [0.2, 0.25) is 0 Å². The van der Waals surface area contributed by atoms with Crippen LogP contribution in [0.15, 0.2) is 27.6 Å². The van der Waals surface area contributed by atoms with Crippen molar-refractivity contribution in [2.24, 2.45) is 0 Å². The average Bonchev–Trinajstić information content (AvgIpc) is 2.36. The molecule has 2 rings (SSSR count). The number of rotatable bonds is 3. The van der Waals surface area contributed by atoms with Gasteiger partial charge in [0.25, 0.3) is 0 Å². The Hall–Kier alpha value is -1.01. The highest BCUT2D eigenvalue weighted by Gasteiger charge is 2.28. The molecule has 1 aromatic carbocycles. The Labute approximate surface area is 124 Å². The average molecular weight is 344 g/mol. The van der Waals surface area contributed by atoms with Crippen LogP contribution in [0.4, 0.5) is 5.69 Å². The zero-order chi connectivity index (χ0) is 14.0. The predicted octanol–water partition coefficient (Wildman–Crippen LogP) is 3.14. The maximum atomic E-state index is 12.2. The molecule has 0 radical (unpaired) electrons. The summed E-state index contributed by atoms with van der Waals surface area (Å²) in [5.41, 5.74) is 0.877. The summed E-state index contributed by atoms with van der Waals surface area (Å²) < 4.78 is 0.978.